The molecule has 6 nitrogen and oxygen atoms in total. The van der Waals surface area contributed by atoms with Crippen molar-refractivity contribution in [1.82, 2.24) is 14.8 Å². The van der Waals surface area contributed by atoms with Crippen LogP contribution in [0.3, 0.4) is 0 Å². The summed E-state index contributed by atoms with van der Waals surface area (Å²) < 4.78 is 0.841. The van der Waals surface area contributed by atoms with Crippen molar-refractivity contribution in [3.05, 3.63) is 70.0 Å². The van der Waals surface area contributed by atoms with Gasteiger partial charge >= 0.3 is 0 Å². The van der Waals surface area contributed by atoms with Crippen LogP contribution in [0.25, 0.3) is 5.76 Å². The Morgan fingerprint density at radius 3 is 2.57 bits per heavy atom. The van der Waals surface area contributed by atoms with Crippen molar-refractivity contribution in [2.75, 3.05) is 27.2 Å². The number of hydrogen-bond acceptors (Lipinski definition) is 5. The van der Waals surface area contributed by atoms with E-state index in [9.17, 15) is 14.7 Å². The van der Waals surface area contributed by atoms with Crippen molar-refractivity contribution in [2.24, 2.45) is 0 Å². The van der Waals surface area contributed by atoms with Crippen LogP contribution in [0, 0.1) is 0 Å². The van der Waals surface area contributed by atoms with E-state index in [4.69, 9.17) is 0 Å². The Morgan fingerprint density at radius 1 is 1.21 bits per heavy atom. The van der Waals surface area contributed by atoms with Gasteiger partial charge in [-0.15, -0.1) is 0 Å². The molecule has 0 saturated carbocycles. The molecule has 1 atom stereocenters. The minimum atomic E-state index is -0.663. The lowest BCUT2D eigenvalue weighted by Crippen LogP contribution is -2.32. The zero-order valence-corrected chi connectivity index (χ0v) is 17.4. The first-order valence-electron chi connectivity index (χ1n) is 8.99. The van der Waals surface area contributed by atoms with Gasteiger partial charge in [0.1, 0.15) is 5.76 Å². The van der Waals surface area contributed by atoms with Gasteiger partial charge in [0.2, 0.25) is 0 Å². The highest BCUT2D eigenvalue weighted by Crippen LogP contribution is 2.39. The maximum absolute atomic E-state index is 12.8. The Balaban J connectivity index is 2.08. The van der Waals surface area contributed by atoms with Crippen LogP contribution in [-0.2, 0) is 9.59 Å². The first-order chi connectivity index (χ1) is 13.4. The lowest BCUT2D eigenvalue weighted by atomic mass is 9.95. The molecule has 0 unspecified atom stereocenters. The number of likely N-dealkylation sites (tertiary alicyclic amines) is 1. The molecular formula is C21H22BrN3O3. The number of benzene rings is 1. The third kappa shape index (κ3) is 4.15. The number of hydrogen-bond donors (Lipinski definition) is 1. The number of amides is 1. The van der Waals surface area contributed by atoms with Crippen molar-refractivity contribution < 1.29 is 14.7 Å². The number of nitrogens with zero attached hydrogens (tertiary/aromatic N) is 3. The lowest BCUT2D eigenvalue weighted by molar-refractivity contribution is -0.139. The number of rotatable bonds is 6. The van der Waals surface area contributed by atoms with Crippen LogP contribution in [0.1, 0.15) is 23.6 Å². The normalized spacial score (nSPS) is 18.9. The monoisotopic (exact) mass is 443 g/mol. The van der Waals surface area contributed by atoms with E-state index in [1.807, 2.05) is 43.3 Å². The molecule has 0 spiro atoms. The number of Topliss-reactive ketones (excluding diaryl/α,β-unsaturated/α-hetero) is 1. The van der Waals surface area contributed by atoms with E-state index in [2.05, 4.69) is 20.9 Å². The van der Waals surface area contributed by atoms with Crippen LogP contribution in [0.4, 0.5) is 0 Å². The van der Waals surface area contributed by atoms with E-state index >= 15 is 0 Å². The summed E-state index contributed by atoms with van der Waals surface area (Å²) in [7, 11) is 3.92. The highest BCUT2D eigenvalue weighted by Gasteiger charge is 2.45. The molecule has 0 radical (unpaired) electrons. The van der Waals surface area contributed by atoms with E-state index < -0.39 is 17.7 Å². The third-order valence-electron chi connectivity index (χ3n) is 4.66. The van der Waals surface area contributed by atoms with Gasteiger partial charge in [-0.05, 0) is 56.9 Å². The topological polar surface area (TPSA) is 73.7 Å². The molecule has 0 aliphatic carbocycles. The molecule has 1 aliphatic heterocycles. The zero-order chi connectivity index (χ0) is 20.3. The van der Waals surface area contributed by atoms with Gasteiger partial charge in [0.25, 0.3) is 11.7 Å². The van der Waals surface area contributed by atoms with Gasteiger partial charge in [-0.3, -0.25) is 14.6 Å². The number of aliphatic hydroxyl groups is 1. The average Bonchev–Trinajstić information content (AvgIpc) is 2.93. The number of carbonyl (C=O) groups is 2. The molecule has 1 fully saturated rings. The Bertz CT molecular complexity index is 912. The van der Waals surface area contributed by atoms with Gasteiger partial charge in [0.15, 0.2) is 0 Å². The predicted molar refractivity (Wildman–Crippen MR) is 111 cm³/mol. The minimum absolute atomic E-state index is 0.110. The van der Waals surface area contributed by atoms with Gasteiger partial charge in [-0.2, -0.15) is 0 Å². The van der Waals surface area contributed by atoms with Crippen molar-refractivity contribution in [3.8, 4) is 0 Å². The standard InChI is InChI=1S/C21H22BrN3O3/c1-24(2)11-4-12-25-18(15-5-3-6-16(22)13-15)17(20(27)21(25)28)19(26)14-7-9-23-10-8-14/h3,5-10,13,18,26H,4,11-12H2,1-2H3/b19-17-/t18-/m0/s1. The number of carbonyl (C=O) groups excluding carboxylic acids is 2. The van der Waals surface area contributed by atoms with E-state index in [-0.39, 0.29) is 11.3 Å². The second kappa shape index (κ2) is 8.67. The smallest absolute Gasteiger partial charge is 0.295 e. The van der Waals surface area contributed by atoms with Gasteiger partial charge in [-0.25, -0.2) is 0 Å². The van der Waals surface area contributed by atoms with Crippen molar-refractivity contribution in [3.63, 3.8) is 0 Å². The minimum Gasteiger partial charge on any atom is -0.507 e. The first kappa shape index (κ1) is 20.2. The summed E-state index contributed by atoms with van der Waals surface area (Å²) in [6, 6.07) is 10.1. The van der Waals surface area contributed by atoms with Crippen LogP contribution in [-0.4, -0.2) is 58.8 Å². The molecule has 1 amide bonds. The molecule has 1 aromatic carbocycles. The number of aromatic nitrogens is 1. The molecule has 7 heteroatoms. The van der Waals surface area contributed by atoms with Gasteiger partial charge < -0.3 is 14.9 Å². The van der Waals surface area contributed by atoms with Gasteiger partial charge in [-0.1, -0.05) is 28.1 Å². The van der Waals surface area contributed by atoms with E-state index in [0.29, 0.717) is 12.1 Å². The Labute approximate surface area is 172 Å². The fourth-order valence-electron chi connectivity index (χ4n) is 3.36. The quantitative estimate of drug-likeness (QED) is 0.421. The number of ketones is 1. The number of pyridine rings is 1. The summed E-state index contributed by atoms with van der Waals surface area (Å²) in [5.74, 6) is -1.43. The molecule has 1 saturated heterocycles. The highest BCUT2D eigenvalue weighted by molar-refractivity contribution is 9.10. The van der Waals surface area contributed by atoms with Gasteiger partial charge in [0.05, 0.1) is 11.6 Å². The summed E-state index contributed by atoms with van der Waals surface area (Å²) in [5.41, 5.74) is 1.34. The molecule has 146 valence electrons. The summed E-state index contributed by atoms with van der Waals surface area (Å²) in [5, 5.41) is 10.9. The van der Waals surface area contributed by atoms with Crippen LogP contribution in [0.2, 0.25) is 0 Å². The van der Waals surface area contributed by atoms with Crippen LogP contribution in [0.5, 0.6) is 0 Å². The largest absolute Gasteiger partial charge is 0.507 e. The van der Waals surface area contributed by atoms with Crippen molar-refractivity contribution in [2.45, 2.75) is 12.5 Å². The zero-order valence-electron chi connectivity index (χ0n) is 15.8. The summed E-state index contributed by atoms with van der Waals surface area (Å²) >= 11 is 3.45. The predicted octanol–water partition coefficient (Wildman–Crippen LogP) is 3.22. The molecule has 28 heavy (non-hydrogen) atoms. The van der Waals surface area contributed by atoms with Crippen molar-refractivity contribution in [1.29, 1.82) is 0 Å². The van der Waals surface area contributed by atoms with Crippen LogP contribution in [0.15, 0.2) is 58.8 Å². The molecular weight excluding hydrogens is 422 g/mol. The lowest BCUT2D eigenvalue weighted by Gasteiger charge is -2.26. The molecule has 2 aromatic rings. The first-order valence-corrected chi connectivity index (χ1v) is 9.78. The maximum Gasteiger partial charge on any atom is 0.295 e. The second-order valence-corrected chi connectivity index (χ2v) is 7.86. The second-order valence-electron chi connectivity index (χ2n) is 6.94. The number of halogens is 1. The van der Waals surface area contributed by atoms with E-state index in [1.54, 1.807) is 17.0 Å². The number of aliphatic hydroxyl groups excluding tert-OH is 1. The summed E-state index contributed by atoms with van der Waals surface area (Å²) in [6.45, 7) is 1.21. The van der Waals surface area contributed by atoms with Crippen LogP contribution < -0.4 is 0 Å². The fourth-order valence-corrected chi connectivity index (χ4v) is 3.77. The average molecular weight is 444 g/mol. The molecule has 3 rings (SSSR count). The third-order valence-corrected chi connectivity index (χ3v) is 5.16. The summed E-state index contributed by atoms with van der Waals surface area (Å²) in [4.78, 5) is 33.2. The summed E-state index contributed by atoms with van der Waals surface area (Å²) in [6.07, 6.45) is 3.80. The van der Waals surface area contributed by atoms with E-state index in [1.165, 1.54) is 12.4 Å². The SMILES string of the molecule is CN(C)CCCN1C(=O)C(=O)/C(=C(\O)c2ccncc2)[C@@H]1c1cccc(Br)c1. The Kier molecular flexibility index (Phi) is 6.26. The molecule has 1 aromatic heterocycles. The molecule has 1 aliphatic rings. The molecule has 0 bridgehead atoms. The van der Waals surface area contributed by atoms with Crippen molar-refractivity contribution >= 4 is 33.4 Å². The Morgan fingerprint density at radius 2 is 1.93 bits per heavy atom. The maximum atomic E-state index is 12.8. The fraction of sp³-hybridized carbons (Fsp3) is 0.286. The molecule has 2 heterocycles. The Hall–Kier alpha value is -2.51. The van der Waals surface area contributed by atoms with E-state index in [0.717, 1.165) is 23.0 Å². The highest BCUT2D eigenvalue weighted by atomic mass is 79.9. The molecule has 1 N–H and O–H groups in total. The van der Waals surface area contributed by atoms with Crippen LogP contribution >= 0.6 is 15.9 Å². The van der Waals surface area contributed by atoms with Gasteiger partial charge in [0, 0.05) is 29.0 Å².